The maximum atomic E-state index is 9.24. The van der Waals surface area contributed by atoms with E-state index in [1.807, 2.05) is 0 Å². The fourth-order valence-electron chi connectivity index (χ4n) is 1.03. The van der Waals surface area contributed by atoms with Crippen LogP contribution in [0.15, 0.2) is 0 Å². The van der Waals surface area contributed by atoms with Crippen molar-refractivity contribution in [3.05, 3.63) is 0 Å². The molecule has 12 heavy (non-hydrogen) atoms. The molecule has 0 amide bonds. The molecule has 0 aliphatic carbocycles. The van der Waals surface area contributed by atoms with E-state index in [0.717, 1.165) is 0 Å². The van der Waals surface area contributed by atoms with Crippen molar-refractivity contribution in [1.29, 1.82) is 0 Å². The molecule has 0 aromatic rings. The van der Waals surface area contributed by atoms with E-state index in [1.54, 1.807) is 0 Å². The molecule has 5 N–H and O–H groups in total. The molecule has 1 unspecified atom stereocenters. The molecule has 0 aromatic carbocycles. The Morgan fingerprint density at radius 1 is 1.33 bits per heavy atom. The summed E-state index contributed by atoms with van der Waals surface area (Å²) in [6.07, 6.45) is -4.45. The topological polar surface area (TPSA) is 110 Å². The van der Waals surface area contributed by atoms with Gasteiger partial charge in [-0.15, -0.1) is 0 Å². The number of ether oxygens (including phenoxy) is 1. The van der Waals surface area contributed by atoms with Gasteiger partial charge >= 0.3 is 0 Å². The van der Waals surface area contributed by atoms with Crippen LogP contribution in [0.1, 0.15) is 0 Å². The highest BCUT2D eigenvalue weighted by atomic mass is 16.7. The van der Waals surface area contributed by atoms with Gasteiger partial charge in [-0.05, 0) is 0 Å². The molecule has 1 aliphatic rings. The van der Waals surface area contributed by atoms with E-state index in [-0.39, 0.29) is 6.61 Å². The first kappa shape index (κ1) is 9.85. The average Bonchev–Trinajstić information content (AvgIpc) is 2.09. The molecule has 72 valence electrons. The molecule has 1 aliphatic heterocycles. The van der Waals surface area contributed by atoms with Crippen LogP contribution < -0.4 is 0 Å². The largest absolute Gasteiger partial charge is 0.391 e. The van der Waals surface area contributed by atoms with E-state index >= 15 is 0 Å². The minimum atomic E-state index is -2.17. The van der Waals surface area contributed by atoms with Crippen LogP contribution in [-0.2, 0) is 4.74 Å². The Morgan fingerprint density at radius 3 is 2.42 bits per heavy atom. The Bertz CT molecular complexity index is 162. The maximum absolute atomic E-state index is 9.24. The van der Waals surface area contributed by atoms with Crippen LogP contribution in [0.5, 0.6) is 0 Å². The molecule has 6 heteroatoms. The lowest BCUT2D eigenvalue weighted by molar-refractivity contribution is -0.331. The Labute approximate surface area is 68.6 Å². The van der Waals surface area contributed by atoms with Gasteiger partial charge in [-0.2, -0.15) is 0 Å². The SMILES string of the molecule is OCC1(O)OC[C@@H](O)[C@@H](O)[13C@@H]1O. The van der Waals surface area contributed by atoms with Crippen molar-refractivity contribution >= 4 is 0 Å². The zero-order chi connectivity index (χ0) is 9.35. The van der Waals surface area contributed by atoms with Gasteiger partial charge in [-0.3, -0.25) is 0 Å². The van der Waals surface area contributed by atoms with Crippen LogP contribution in [0.4, 0.5) is 0 Å². The van der Waals surface area contributed by atoms with Crippen LogP contribution in [-0.4, -0.2) is 62.8 Å². The summed E-state index contributed by atoms with van der Waals surface area (Å²) in [5, 5.41) is 45.0. The third-order valence-corrected chi connectivity index (χ3v) is 1.91. The summed E-state index contributed by atoms with van der Waals surface area (Å²) < 4.78 is 4.56. The van der Waals surface area contributed by atoms with Crippen molar-refractivity contribution in [1.82, 2.24) is 0 Å². The maximum Gasteiger partial charge on any atom is 0.218 e. The summed E-state index contributed by atoms with van der Waals surface area (Å²) in [7, 11) is 0. The van der Waals surface area contributed by atoms with Crippen molar-refractivity contribution < 1.29 is 30.3 Å². The standard InChI is InChI=1S/C6H12O6/c7-2-6(11)5(10)4(9)3(8)1-12-6/h3-5,7-11H,1-2H2/t3-,4-,5+,6?/m1/s1/i5+1. The molecule has 1 fully saturated rings. The van der Waals surface area contributed by atoms with Gasteiger partial charge in [0, 0.05) is 0 Å². The molecule has 0 aromatic heterocycles. The first-order valence-electron chi connectivity index (χ1n) is 3.52. The van der Waals surface area contributed by atoms with Crippen LogP contribution in [0.25, 0.3) is 0 Å². The van der Waals surface area contributed by atoms with E-state index in [9.17, 15) is 5.11 Å². The normalized spacial score (nSPS) is 49.2. The molecule has 4 atom stereocenters. The number of hydrogen-bond acceptors (Lipinski definition) is 6. The minimum Gasteiger partial charge on any atom is -0.391 e. The predicted octanol–water partition coefficient (Wildman–Crippen LogP) is -3.22. The second-order valence-corrected chi connectivity index (χ2v) is 2.82. The van der Waals surface area contributed by atoms with Gasteiger partial charge in [-0.1, -0.05) is 0 Å². The first-order chi connectivity index (χ1) is 5.51. The second-order valence-electron chi connectivity index (χ2n) is 2.82. The van der Waals surface area contributed by atoms with Gasteiger partial charge < -0.3 is 30.3 Å². The Kier molecular flexibility index (Phi) is 2.67. The molecule has 0 saturated carbocycles. The summed E-state index contributed by atoms with van der Waals surface area (Å²) in [5.41, 5.74) is 0. The molecule has 1 heterocycles. The summed E-state index contributed by atoms with van der Waals surface area (Å²) in [5.74, 6) is -2.17. The molecule has 0 bridgehead atoms. The third-order valence-electron chi connectivity index (χ3n) is 1.91. The second kappa shape index (κ2) is 3.25. The Hall–Kier alpha value is -0.240. The zero-order valence-electron chi connectivity index (χ0n) is 6.29. The van der Waals surface area contributed by atoms with Crippen molar-refractivity contribution in [2.24, 2.45) is 0 Å². The minimum absolute atomic E-state index is 0.324. The first-order valence-corrected chi connectivity index (χ1v) is 3.52. The highest BCUT2D eigenvalue weighted by Crippen LogP contribution is 2.22. The Balaban J connectivity index is 2.71. The van der Waals surface area contributed by atoms with E-state index < -0.39 is 30.7 Å². The molecule has 0 radical (unpaired) electrons. The molecular formula is C6H12O6. The van der Waals surface area contributed by atoms with Gasteiger partial charge in [0.2, 0.25) is 5.79 Å². The smallest absolute Gasteiger partial charge is 0.218 e. The fraction of sp³-hybridized carbons (Fsp3) is 1.00. The van der Waals surface area contributed by atoms with Gasteiger partial charge in [0.15, 0.2) is 0 Å². The number of aliphatic hydroxyl groups is 5. The highest BCUT2D eigenvalue weighted by molar-refractivity contribution is 4.90. The quantitative estimate of drug-likeness (QED) is 0.272. The fourth-order valence-corrected chi connectivity index (χ4v) is 1.03. The van der Waals surface area contributed by atoms with Crippen molar-refractivity contribution in [3.8, 4) is 0 Å². The lowest BCUT2D eigenvalue weighted by Crippen LogP contribution is -2.62. The van der Waals surface area contributed by atoms with E-state index in [0.29, 0.717) is 0 Å². The Morgan fingerprint density at radius 2 is 1.92 bits per heavy atom. The zero-order valence-corrected chi connectivity index (χ0v) is 6.29. The summed E-state index contributed by atoms with van der Waals surface area (Å²) in [6, 6.07) is 0. The van der Waals surface area contributed by atoms with Gasteiger partial charge in [0.1, 0.15) is 18.3 Å². The monoisotopic (exact) mass is 181 g/mol. The summed E-state index contributed by atoms with van der Waals surface area (Å²) in [4.78, 5) is 0. The number of hydrogen-bond donors (Lipinski definition) is 5. The van der Waals surface area contributed by atoms with E-state index in [4.69, 9.17) is 20.4 Å². The molecule has 0 spiro atoms. The van der Waals surface area contributed by atoms with Gasteiger partial charge in [0.05, 0.1) is 13.2 Å². The van der Waals surface area contributed by atoms with E-state index in [2.05, 4.69) is 4.74 Å². The number of aliphatic hydroxyl groups excluding tert-OH is 4. The highest BCUT2D eigenvalue weighted by Gasteiger charge is 2.47. The average molecular weight is 181 g/mol. The van der Waals surface area contributed by atoms with Crippen LogP contribution in [0.2, 0.25) is 0 Å². The van der Waals surface area contributed by atoms with Crippen LogP contribution >= 0.6 is 0 Å². The molecular weight excluding hydrogens is 169 g/mol. The van der Waals surface area contributed by atoms with E-state index in [1.165, 1.54) is 0 Å². The summed E-state index contributed by atoms with van der Waals surface area (Å²) >= 11 is 0. The summed E-state index contributed by atoms with van der Waals surface area (Å²) in [6.45, 7) is -1.16. The molecule has 6 nitrogen and oxygen atoms in total. The third kappa shape index (κ3) is 1.45. The lowest BCUT2D eigenvalue weighted by atomic mass is 10.2. The van der Waals surface area contributed by atoms with Crippen molar-refractivity contribution in [2.45, 2.75) is 24.1 Å². The molecule has 1 rings (SSSR count). The van der Waals surface area contributed by atoms with Crippen LogP contribution in [0, 0.1) is 0 Å². The van der Waals surface area contributed by atoms with Crippen molar-refractivity contribution in [3.63, 3.8) is 0 Å². The molecule has 1 saturated heterocycles. The van der Waals surface area contributed by atoms with Crippen LogP contribution in [0.3, 0.4) is 0 Å². The van der Waals surface area contributed by atoms with Gasteiger partial charge in [0.25, 0.3) is 0 Å². The van der Waals surface area contributed by atoms with Gasteiger partial charge in [-0.25, -0.2) is 0 Å². The number of rotatable bonds is 1. The van der Waals surface area contributed by atoms with Crippen molar-refractivity contribution in [2.75, 3.05) is 13.2 Å². The lowest BCUT2D eigenvalue weighted by Gasteiger charge is -2.40. The predicted molar refractivity (Wildman–Crippen MR) is 36.0 cm³/mol.